The third kappa shape index (κ3) is 4.39. The number of allylic oxidation sites excluding steroid dienone is 1. The molecular weight excluding hydrogens is 412 g/mol. The second-order valence-corrected chi connectivity index (χ2v) is 7.97. The van der Waals surface area contributed by atoms with E-state index in [0.29, 0.717) is 33.6 Å². The molecule has 0 amide bonds. The lowest BCUT2D eigenvalue weighted by atomic mass is 9.83. The van der Waals surface area contributed by atoms with Crippen LogP contribution in [-0.4, -0.2) is 27.5 Å². The lowest BCUT2D eigenvalue weighted by Crippen LogP contribution is -2.31. The maximum atomic E-state index is 13.2. The second-order valence-electron chi connectivity index (χ2n) is 7.01. The summed E-state index contributed by atoms with van der Waals surface area (Å²) in [5.74, 6) is 0.0791. The molecule has 1 aliphatic rings. The Hall–Kier alpha value is -3.39. The first-order valence-corrected chi connectivity index (χ1v) is 10.9. The van der Waals surface area contributed by atoms with Crippen LogP contribution in [0.2, 0.25) is 0 Å². The van der Waals surface area contributed by atoms with Crippen molar-refractivity contribution in [2.45, 2.75) is 30.7 Å². The van der Waals surface area contributed by atoms with E-state index in [1.54, 1.807) is 38.4 Å². The number of nitrogens with zero attached hydrogens (tertiary/aromatic N) is 2. The fourth-order valence-corrected chi connectivity index (χ4v) is 4.41. The third-order valence-corrected chi connectivity index (χ3v) is 5.92. The molecule has 1 aromatic carbocycles. The van der Waals surface area contributed by atoms with Crippen LogP contribution >= 0.6 is 11.8 Å². The number of hydrogen-bond acceptors (Lipinski definition) is 7. The number of pyridine rings is 1. The molecule has 3 heterocycles. The van der Waals surface area contributed by atoms with E-state index in [1.807, 2.05) is 30.3 Å². The number of carbonyl (C=O) groups excluding carboxylic acids is 1. The Bertz CT molecular complexity index is 1180. The highest BCUT2D eigenvalue weighted by atomic mass is 32.2. The number of nitrogens with one attached hydrogen (secondary N) is 2. The van der Waals surface area contributed by atoms with Crippen LogP contribution in [0.4, 0.5) is 5.82 Å². The number of ether oxygens (including phenoxy) is 1. The lowest BCUT2D eigenvalue weighted by molar-refractivity contribution is -0.138. The van der Waals surface area contributed by atoms with Gasteiger partial charge in [-0.05, 0) is 37.1 Å². The standard InChI is InChI=1S/C23H22N4O3S/c1-3-30-22(29)17-14(2)25-20-19(18(17)16-9-11-24-12-10-16)21(28)27-23(26-20)31-13-15-7-5-4-6-8-15/h4-12,18H,3,13H2,1-2H3,(H2,25,26,27,28). The van der Waals surface area contributed by atoms with Crippen molar-refractivity contribution in [2.75, 3.05) is 11.9 Å². The molecule has 0 spiro atoms. The van der Waals surface area contributed by atoms with Gasteiger partial charge >= 0.3 is 5.97 Å². The molecule has 1 atom stereocenters. The number of hydrogen-bond donors (Lipinski definition) is 2. The summed E-state index contributed by atoms with van der Waals surface area (Å²) in [6.07, 6.45) is 3.28. The number of benzene rings is 1. The highest BCUT2D eigenvalue weighted by molar-refractivity contribution is 7.98. The molecule has 4 rings (SSSR count). The molecular formula is C23H22N4O3S. The molecule has 3 aromatic rings. The van der Waals surface area contributed by atoms with Crippen LogP contribution in [0.15, 0.2) is 76.1 Å². The van der Waals surface area contributed by atoms with Gasteiger partial charge in [-0.2, -0.15) is 0 Å². The van der Waals surface area contributed by atoms with Gasteiger partial charge in [0.15, 0.2) is 5.16 Å². The zero-order valence-electron chi connectivity index (χ0n) is 17.2. The molecule has 1 aliphatic heterocycles. The SMILES string of the molecule is CCOC(=O)C1=C(C)Nc2nc(SCc3ccccc3)[nH]c(=O)c2C1c1ccncc1. The Morgan fingerprint density at radius 1 is 1.16 bits per heavy atom. The summed E-state index contributed by atoms with van der Waals surface area (Å²) in [6, 6.07) is 13.6. The minimum atomic E-state index is -0.595. The molecule has 0 bridgehead atoms. The maximum absolute atomic E-state index is 13.2. The van der Waals surface area contributed by atoms with E-state index in [-0.39, 0.29) is 12.2 Å². The van der Waals surface area contributed by atoms with Crippen molar-refractivity contribution in [3.8, 4) is 0 Å². The van der Waals surface area contributed by atoms with Crippen molar-refractivity contribution in [1.82, 2.24) is 15.0 Å². The van der Waals surface area contributed by atoms with Gasteiger partial charge in [-0.1, -0.05) is 42.1 Å². The van der Waals surface area contributed by atoms with Gasteiger partial charge in [-0.3, -0.25) is 9.78 Å². The summed E-state index contributed by atoms with van der Waals surface area (Å²) >= 11 is 1.45. The molecule has 0 saturated carbocycles. The monoisotopic (exact) mass is 434 g/mol. The van der Waals surface area contributed by atoms with Crippen LogP contribution in [0.1, 0.15) is 36.5 Å². The van der Waals surface area contributed by atoms with Crippen LogP contribution in [0.3, 0.4) is 0 Å². The molecule has 1 unspecified atom stereocenters. The molecule has 0 aliphatic carbocycles. The predicted octanol–water partition coefficient (Wildman–Crippen LogP) is 3.85. The van der Waals surface area contributed by atoms with Crippen molar-refractivity contribution >= 4 is 23.5 Å². The average molecular weight is 435 g/mol. The maximum Gasteiger partial charge on any atom is 0.336 e. The molecule has 2 N–H and O–H groups in total. The van der Waals surface area contributed by atoms with Gasteiger partial charge in [0.2, 0.25) is 0 Å². The molecule has 2 aromatic heterocycles. The summed E-state index contributed by atoms with van der Waals surface area (Å²) in [5.41, 5.74) is 3.03. The largest absolute Gasteiger partial charge is 0.463 e. The van der Waals surface area contributed by atoms with Gasteiger partial charge in [0.05, 0.1) is 23.7 Å². The number of aromatic nitrogens is 3. The van der Waals surface area contributed by atoms with Gasteiger partial charge in [0, 0.05) is 23.8 Å². The Kier molecular flexibility index (Phi) is 6.18. The zero-order chi connectivity index (χ0) is 21.8. The van der Waals surface area contributed by atoms with E-state index in [4.69, 9.17) is 4.74 Å². The third-order valence-electron chi connectivity index (χ3n) is 4.97. The van der Waals surface area contributed by atoms with E-state index >= 15 is 0 Å². The second kappa shape index (κ2) is 9.18. The molecule has 0 radical (unpaired) electrons. The predicted molar refractivity (Wildman–Crippen MR) is 120 cm³/mol. The number of thioether (sulfide) groups is 1. The highest BCUT2D eigenvalue weighted by Crippen LogP contribution is 2.40. The summed E-state index contributed by atoms with van der Waals surface area (Å²) in [7, 11) is 0. The van der Waals surface area contributed by atoms with E-state index in [0.717, 1.165) is 11.1 Å². The first-order chi connectivity index (χ1) is 15.1. The van der Waals surface area contributed by atoms with Crippen molar-refractivity contribution in [1.29, 1.82) is 0 Å². The van der Waals surface area contributed by atoms with Gasteiger partial charge in [0.25, 0.3) is 5.56 Å². The Morgan fingerprint density at radius 2 is 1.90 bits per heavy atom. The molecule has 31 heavy (non-hydrogen) atoms. The summed E-state index contributed by atoms with van der Waals surface area (Å²) in [5, 5.41) is 3.66. The number of fused-ring (bicyclic) bond motifs is 1. The fourth-order valence-electron chi connectivity index (χ4n) is 3.59. The molecule has 7 nitrogen and oxygen atoms in total. The topological polar surface area (TPSA) is 97.0 Å². The average Bonchev–Trinajstić information content (AvgIpc) is 2.78. The summed E-state index contributed by atoms with van der Waals surface area (Å²) in [6.45, 7) is 3.79. The number of H-pyrrole nitrogens is 1. The Morgan fingerprint density at radius 3 is 2.61 bits per heavy atom. The van der Waals surface area contributed by atoms with Crippen molar-refractivity contribution < 1.29 is 9.53 Å². The van der Waals surface area contributed by atoms with Gasteiger partial charge in [-0.15, -0.1) is 0 Å². The van der Waals surface area contributed by atoms with Gasteiger partial charge in [0.1, 0.15) is 5.82 Å². The van der Waals surface area contributed by atoms with Crippen LogP contribution in [-0.2, 0) is 15.3 Å². The van der Waals surface area contributed by atoms with Gasteiger partial charge < -0.3 is 15.0 Å². The zero-order valence-corrected chi connectivity index (χ0v) is 18.0. The summed E-state index contributed by atoms with van der Waals surface area (Å²) in [4.78, 5) is 37.5. The van der Waals surface area contributed by atoms with Gasteiger partial charge in [-0.25, -0.2) is 9.78 Å². The minimum Gasteiger partial charge on any atom is -0.463 e. The van der Waals surface area contributed by atoms with Crippen molar-refractivity contribution in [3.05, 3.63) is 93.2 Å². The Balaban J connectivity index is 1.75. The Labute approximate surface area is 184 Å². The molecule has 0 fully saturated rings. The number of carbonyl (C=O) groups is 1. The van der Waals surface area contributed by atoms with Crippen molar-refractivity contribution in [3.63, 3.8) is 0 Å². The highest BCUT2D eigenvalue weighted by Gasteiger charge is 2.36. The number of aromatic amines is 1. The molecule has 158 valence electrons. The van der Waals surface area contributed by atoms with Crippen LogP contribution in [0.5, 0.6) is 0 Å². The lowest BCUT2D eigenvalue weighted by Gasteiger charge is -2.28. The van der Waals surface area contributed by atoms with Crippen LogP contribution in [0.25, 0.3) is 0 Å². The van der Waals surface area contributed by atoms with E-state index in [9.17, 15) is 9.59 Å². The smallest absolute Gasteiger partial charge is 0.336 e. The fraction of sp³-hybridized carbons (Fsp3) is 0.217. The van der Waals surface area contributed by atoms with Crippen LogP contribution in [0, 0.1) is 0 Å². The van der Waals surface area contributed by atoms with E-state index in [2.05, 4.69) is 20.3 Å². The number of esters is 1. The number of anilines is 1. The quantitative estimate of drug-likeness (QED) is 0.345. The number of rotatable bonds is 6. The van der Waals surface area contributed by atoms with Crippen LogP contribution < -0.4 is 10.9 Å². The van der Waals surface area contributed by atoms with E-state index in [1.165, 1.54) is 11.8 Å². The molecule has 0 saturated heterocycles. The van der Waals surface area contributed by atoms with E-state index < -0.39 is 11.9 Å². The summed E-state index contributed by atoms with van der Waals surface area (Å²) < 4.78 is 5.28. The molecule has 8 heteroatoms. The first kappa shape index (κ1) is 20.9. The first-order valence-electron chi connectivity index (χ1n) is 9.94. The van der Waals surface area contributed by atoms with Crippen molar-refractivity contribution in [2.24, 2.45) is 0 Å². The normalized spacial score (nSPS) is 15.2. The minimum absolute atomic E-state index is 0.245.